The lowest BCUT2D eigenvalue weighted by Crippen LogP contribution is -2.45. The molecule has 1 N–H and O–H groups in total. The van der Waals surface area contributed by atoms with Gasteiger partial charge in [0.05, 0.1) is 19.1 Å². The molecule has 0 aliphatic carbocycles. The predicted octanol–water partition coefficient (Wildman–Crippen LogP) is 2.83. The van der Waals surface area contributed by atoms with Gasteiger partial charge in [-0.25, -0.2) is 0 Å². The van der Waals surface area contributed by atoms with Crippen molar-refractivity contribution in [1.82, 2.24) is 10.2 Å². The number of likely N-dealkylation sites (N-methyl/N-ethyl adjacent to an activating group) is 1. The highest BCUT2D eigenvalue weighted by Crippen LogP contribution is 2.27. The van der Waals surface area contributed by atoms with Crippen molar-refractivity contribution in [1.29, 1.82) is 0 Å². The molecule has 0 radical (unpaired) electrons. The van der Waals surface area contributed by atoms with Crippen LogP contribution in [0.5, 0.6) is 11.5 Å². The molecule has 1 unspecified atom stereocenters. The number of non-ortho nitro benzene ring substituents is 1. The number of nitro groups is 1. The first kappa shape index (κ1) is 24.4. The number of carbonyl (C=O) groups is 2. The number of nitrogens with zero attached hydrogens (tertiary/aromatic N) is 2. The number of amides is 2. The topological polar surface area (TPSA) is 111 Å². The summed E-state index contributed by atoms with van der Waals surface area (Å²) in [6, 6.07) is 10.7. The molecule has 2 aromatic carbocycles. The van der Waals surface area contributed by atoms with Gasteiger partial charge in [-0.1, -0.05) is 6.07 Å². The Morgan fingerprint density at radius 3 is 2.38 bits per heavy atom. The van der Waals surface area contributed by atoms with E-state index in [0.29, 0.717) is 30.0 Å². The van der Waals surface area contributed by atoms with E-state index in [1.54, 1.807) is 45.2 Å². The molecule has 2 rings (SSSR count). The SMILES string of the molecule is COc1ccc(CCN(C)C(=O)C(C)NC(=O)/C=C/c2ccc([N+](=O)[O-])cc2)cc1OC. The van der Waals surface area contributed by atoms with Gasteiger partial charge in [-0.15, -0.1) is 0 Å². The zero-order valence-corrected chi connectivity index (χ0v) is 18.5. The van der Waals surface area contributed by atoms with Gasteiger partial charge >= 0.3 is 0 Å². The number of carbonyl (C=O) groups excluding carboxylic acids is 2. The van der Waals surface area contributed by atoms with Crippen LogP contribution in [0.3, 0.4) is 0 Å². The highest BCUT2D eigenvalue weighted by Gasteiger charge is 2.18. The van der Waals surface area contributed by atoms with Gasteiger partial charge in [0, 0.05) is 31.8 Å². The van der Waals surface area contributed by atoms with Crippen molar-refractivity contribution < 1.29 is 24.0 Å². The molecule has 0 heterocycles. The fourth-order valence-electron chi connectivity index (χ4n) is 2.98. The lowest BCUT2D eigenvalue weighted by Gasteiger charge is -2.22. The normalized spacial score (nSPS) is 11.6. The van der Waals surface area contributed by atoms with Crippen molar-refractivity contribution in [2.24, 2.45) is 0 Å². The van der Waals surface area contributed by atoms with Gasteiger partial charge in [-0.2, -0.15) is 0 Å². The lowest BCUT2D eigenvalue weighted by molar-refractivity contribution is -0.384. The summed E-state index contributed by atoms with van der Waals surface area (Å²) in [7, 11) is 4.82. The van der Waals surface area contributed by atoms with Crippen LogP contribution in [-0.2, 0) is 16.0 Å². The minimum Gasteiger partial charge on any atom is -0.493 e. The van der Waals surface area contributed by atoms with Crippen molar-refractivity contribution in [2.45, 2.75) is 19.4 Å². The van der Waals surface area contributed by atoms with E-state index in [1.165, 1.54) is 24.3 Å². The van der Waals surface area contributed by atoms with E-state index in [2.05, 4.69) is 5.32 Å². The maximum Gasteiger partial charge on any atom is 0.269 e. The minimum atomic E-state index is -0.709. The summed E-state index contributed by atoms with van der Waals surface area (Å²) >= 11 is 0. The van der Waals surface area contributed by atoms with Crippen LogP contribution in [0.1, 0.15) is 18.1 Å². The van der Waals surface area contributed by atoms with E-state index < -0.39 is 16.9 Å². The van der Waals surface area contributed by atoms with Crippen LogP contribution < -0.4 is 14.8 Å². The summed E-state index contributed by atoms with van der Waals surface area (Å²) in [4.78, 5) is 36.5. The van der Waals surface area contributed by atoms with E-state index in [9.17, 15) is 19.7 Å². The monoisotopic (exact) mass is 441 g/mol. The first-order valence-electron chi connectivity index (χ1n) is 9.94. The fraction of sp³-hybridized carbons (Fsp3) is 0.304. The van der Waals surface area contributed by atoms with Gasteiger partial charge in [-0.05, 0) is 54.8 Å². The van der Waals surface area contributed by atoms with Crippen LogP contribution in [0.2, 0.25) is 0 Å². The van der Waals surface area contributed by atoms with E-state index in [-0.39, 0.29) is 11.6 Å². The number of ether oxygens (including phenoxy) is 2. The number of methoxy groups -OCH3 is 2. The summed E-state index contributed by atoms with van der Waals surface area (Å²) in [5, 5.41) is 13.3. The maximum atomic E-state index is 12.6. The highest BCUT2D eigenvalue weighted by molar-refractivity contribution is 5.95. The van der Waals surface area contributed by atoms with Gasteiger partial charge in [0.15, 0.2) is 11.5 Å². The summed E-state index contributed by atoms with van der Waals surface area (Å²) in [5.74, 6) is 0.610. The van der Waals surface area contributed by atoms with Gasteiger partial charge in [-0.3, -0.25) is 19.7 Å². The fourth-order valence-corrected chi connectivity index (χ4v) is 2.98. The molecular formula is C23H27N3O6. The molecule has 0 fully saturated rings. The largest absolute Gasteiger partial charge is 0.493 e. The van der Waals surface area contributed by atoms with Gasteiger partial charge in [0.2, 0.25) is 11.8 Å². The molecule has 32 heavy (non-hydrogen) atoms. The first-order chi connectivity index (χ1) is 15.2. The van der Waals surface area contributed by atoms with Crippen molar-refractivity contribution in [2.75, 3.05) is 27.8 Å². The average molecular weight is 441 g/mol. The Bertz CT molecular complexity index is 988. The van der Waals surface area contributed by atoms with E-state index >= 15 is 0 Å². The molecule has 0 bridgehead atoms. The molecule has 9 nitrogen and oxygen atoms in total. The Labute approximate surface area is 186 Å². The number of hydrogen-bond donors (Lipinski definition) is 1. The Kier molecular flexibility index (Phi) is 8.76. The molecule has 9 heteroatoms. The molecule has 2 aromatic rings. The summed E-state index contributed by atoms with van der Waals surface area (Å²) in [6.07, 6.45) is 3.43. The van der Waals surface area contributed by atoms with Gasteiger partial charge in [0.1, 0.15) is 6.04 Å². The first-order valence-corrected chi connectivity index (χ1v) is 9.94. The van der Waals surface area contributed by atoms with Crippen LogP contribution >= 0.6 is 0 Å². The molecule has 0 aliphatic rings. The third-order valence-corrected chi connectivity index (χ3v) is 4.82. The Hall–Kier alpha value is -3.88. The van der Waals surface area contributed by atoms with Crippen molar-refractivity contribution in [3.63, 3.8) is 0 Å². The summed E-state index contributed by atoms with van der Waals surface area (Å²) < 4.78 is 10.5. The molecule has 170 valence electrons. The molecule has 2 amide bonds. The Morgan fingerprint density at radius 2 is 1.78 bits per heavy atom. The zero-order chi connectivity index (χ0) is 23.7. The van der Waals surface area contributed by atoms with Crippen LogP contribution in [0.4, 0.5) is 5.69 Å². The van der Waals surface area contributed by atoms with Crippen molar-refractivity contribution in [3.8, 4) is 11.5 Å². The van der Waals surface area contributed by atoms with Crippen LogP contribution in [0.15, 0.2) is 48.5 Å². The van der Waals surface area contributed by atoms with E-state index in [0.717, 1.165) is 5.56 Å². The van der Waals surface area contributed by atoms with E-state index in [1.807, 2.05) is 18.2 Å². The lowest BCUT2D eigenvalue weighted by atomic mass is 10.1. The third kappa shape index (κ3) is 6.83. The third-order valence-electron chi connectivity index (χ3n) is 4.82. The van der Waals surface area contributed by atoms with Crippen LogP contribution in [0.25, 0.3) is 6.08 Å². The standard InChI is InChI=1S/C23H27N3O6/c1-16(24-22(27)12-8-17-5-9-19(10-6-17)26(29)30)23(28)25(2)14-13-18-7-11-20(31-3)21(15-18)32-4/h5-12,15-16H,13-14H2,1-4H3,(H,24,27)/b12-8+. The quantitative estimate of drug-likeness (QED) is 0.345. The van der Waals surface area contributed by atoms with Crippen molar-refractivity contribution >= 4 is 23.6 Å². The predicted molar refractivity (Wildman–Crippen MR) is 121 cm³/mol. The summed E-state index contributed by atoms with van der Waals surface area (Å²) in [6.45, 7) is 2.08. The van der Waals surface area contributed by atoms with Crippen LogP contribution in [0, 0.1) is 10.1 Å². The minimum absolute atomic E-state index is 0.0260. The number of nitro benzene ring substituents is 1. The second kappa shape index (κ2) is 11.5. The average Bonchev–Trinajstić information content (AvgIpc) is 2.80. The zero-order valence-electron chi connectivity index (χ0n) is 18.5. The molecule has 1 atom stereocenters. The molecule has 0 spiro atoms. The molecule has 0 saturated heterocycles. The maximum absolute atomic E-state index is 12.6. The smallest absolute Gasteiger partial charge is 0.269 e. The highest BCUT2D eigenvalue weighted by atomic mass is 16.6. The van der Waals surface area contributed by atoms with Gasteiger partial charge in [0.25, 0.3) is 5.69 Å². The molecule has 0 aliphatic heterocycles. The number of nitrogens with one attached hydrogen (secondary N) is 1. The second-order valence-electron chi connectivity index (χ2n) is 7.11. The molecular weight excluding hydrogens is 414 g/mol. The molecule has 0 aromatic heterocycles. The number of hydrogen-bond acceptors (Lipinski definition) is 6. The second-order valence-corrected chi connectivity index (χ2v) is 7.11. The van der Waals surface area contributed by atoms with E-state index in [4.69, 9.17) is 9.47 Å². The summed E-state index contributed by atoms with van der Waals surface area (Å²) in [5.41, 5.74) is 1.60. The Balaban J connectivity index is 1.86. The van der Waals surface area contributed by atoms with Crippen LogP contribution in [-0.4, -0.2) is 55.5 Å². The number of benzene rings is 2. The molecule has 0 saturated carbocycles. The Morgan fingerprint density at radius 1 is 1.12 bits per heavy atom. The van der Waals surface area contributed by atoms with Gasteiger partial charge < -0.3 is 19.7 Å². The van der Waals surface area contributed by atoms with Crippen molar-refractivity contribution in [3.05, 3.63) is 69.8 Å². The number of rotatable bonds is 10.